The molecule has 0 radical (unpaired) electrons. The summed E-state index contributed by atoms with van der Waals surface area (Å²) >= 11 is 0. The van der Waals surface area contributed by atoms with Gasteiger partial charge in [0, 0.05) is 25.8 Å². The molecule has 1 saturated heterocycles. The Morgan fingerprint density at radius 2 is 1.69 bits per heavy atom. The molecule has 0 spiro atoms. The summed E-state index contributed by atoms with van der Waals surface area (Å²) in [7, 11) is 0. The van der Waals surface area contributed by atoms with Crippen molar-refractivity contribution in [1.82, 2.24) is 25.3 Å². The third kappa shape index (κ3) is 6.44. The molecule has 1 fully saturated rings. The van der Waals surface area contributed by atoms with E-state index in [2.05, 4.69) is 70.2 Å². The second-order valence-electron chi connectivity index (χ2n) is 8.30. The maximum atomic E-state index is 4.76. The number of aromatic nitrogens is 2. The zero-order valence-electron chi connectivity index (χ0n) is 19.0. The highest BCUT2D eigenvalue weighted by Crippen LogP contribution is 2.14. The summed E-state index contributed by atoms with van der Waals surface area (Å²) in [5, 5.41) is 11.3. The lowest BCUT2D eigenvalue weighted by atomic mass is 10.1. The fourth-order valence-corrected chi connectivity index (χ4v) is 4.00. The Bertz CT molecular complexity index is 971. The topological polar surface area (TPSA) is 57.5 Å². The Morgan fingerprint density at radius 1 is 0.938 bits per heavy atom. The lowest BCUT2D eigenvalue weighted by molar-refractivity contribution is 0.331. The van der Waals surface area contributed by atoms with E-state index < -0.39 is 0 Å². The van der Waals surface area contributed by atoms with E-state index in [-0.39, 0.29) is 0 Å². The fourth-order valence-electron chi connectivity index (χ4n) is 4.00. The quantitative estimate of drug-likeness (QED) is 0.401. The van der Waals surface area contributed by atoms with E-state index in [0.717, 1.165) is 37.7 Å². The van der Waals surface area contributed by atoms with Gasteiger partial charge in [-0.05, 0) is 68.1 Å². The van der Waals surface area contributed by atoms with Gasteiger partial charge in [-0.2, -0.15) is 5.10 Å². The van der Waals surface area contributed by atoms with E-state index in [4.69, 9.17) is 4.99 Å². The maximum absolute atomic E-state index is 4.76. The molecule has 4 rings (SSSR count). The van der Waals surface area contributed by atoms with Gasteiger partial charge in [0.15, 0.2) is 5.96 Å². The van der Waals surface area contributed by atoms with Gasteiger partial charge in [-0.3, -0.25) is 4.90 Å². The summed E-state index contributed by atoms with van der Waals surface area (Å²) in [5.74, 6) is 0.851. The molecule has 32 heavy (non-hydrogen) atoms. The number of hydrogen-bond acceptors (Lipinski definition) is 3. The third-order valence-electron chi connectivity index (χ3n) is 5.75. The summed E-state index contributed by atoms with van der Waals surface area (Å²) in [6.07, 6.45) is 7.58. The van der Waals surface area contributed by atoms with E-state index in [1.165, 1.54) is 42.6 Å². The first-order valence-electron chi connectivity index (χ1n) is 11.7. The summed E-state index contributed by atoms with van der Waals surface area (Å²) in [6.45, 7) is 7.94. The number of hydrogen-bond donors (Lipinski definition) is 2. The van der Waals surface area contributed by atoms with E-state index in [1.54, 1.807) is 0 Å². The molecule has 1 aromatic heterocycles. The molecule has 0 aliphatic carbocycles. The van der Waals surface area contributed by atoms with Gasteiger partial charge in [0.1, 0.15) is 0 Å². The lowest BCUT2D eigenvalue weighted by Crippen LogP contribution is -2.38. The molecular formula is C26H34N6. The number of aliphatic imine (C=N–C) groups is 1. The summed E-state index contributed by atoms with van der Waals surface area (Å²) in [5.41, 5.74) is 4.90. The molecule has 0 amide bonds. The van der Waals surface area contributed by atoms with Crippen LogP contribution in [0.15, 0.2) is 72.0 Å². The zero-order chi connectivity index (χ0) is 22.0. The molecule has 0 saturated carbocycles. The number of likely N-dealkylation sites (tertiary alicyclic amines) is 1. The van der Waals surface area contributed by atoms with Crippen LogP contribution in [0.2, 0.25) is 0 Å². The first-order chi connectivity index (χ1) is 15.8. The number of rotatable bonds is 9. The number of para-hydroxylation sites is 1. The Kier molecular flexibility index (Phi) is 7.93. The second-order valence-corrected chi connectivity index (χ2v) is 8.30. The third-order valence-corrected chi connectivity index (χ3v) is 5.75. The molecule has 3 aromatic rings. The van der Waals surface area contributed by atoms with Crippen LogP contribution in [0.4, 0.5) is 0 Å². The molecule has 2 N–H and O–H groups in total. The Hall–Kier alpha value is -3.12. The van der Waals surface area contributed by atoms with Crippen LogP contribution in [-0.2, 0) is 19.5 Å². The SMILES string of the molecule is CCNC(=NCc1ccc(CN2CCCC2)cc1)NCCc1cnn(-c2ccccc2)c1. The predicted octanol–water partition coefficient (Wildman–Crippen LogP) is 3.77. The molecule has 0 unspecified atom stereocenters. The Morgan fingerprint density at radius 3 is 2.44 bits per heavy atom. The molecule has 2 aromatic carbocycles. The minimum atomic E-state index is 0.672. The van der Waals surface area contributed by atoms with Crippen LogP contribution in [0.25, 0.3) is 5.69 Å². The zero-order valence-corrected chi connectivity index (χ0v) is 19.0. The van der Waals surface area contributed by atoms with Crippen LogP contribution >= 0.6 is 0 Å². The van der Waals surface area contributed by atoms with Crippen LogP contribution < -0.4 is 10.6 Å². The largest absolute Gasteiger partial charge is 0.357 e. The second kappa shape index (κ2) is 11.5. The van der Waals surface area contributed by atoms with Gasteiger partial charge in [0.2, 0.25) is 0 Å². The number of benzene rings is 2. The molecule has 0 atom stereocenters. The highest BCUT2D eigenvalue weighted by Gasteiger charge is 2.11. The summed E-state index contributed by atoms with van der Waals surface area (Å²) in [6, 6.07) is 19.1. The maximum Gasteiger partial charge on any atom is 0.191 e. The average molecular weight is 431 g/mol. The molecule has 2 heterocycles. The smallest absolute Gasteiger partial charge is 0.191 e. The van der Waals surface area contributed by atoms with E-state index in [1.807, 2.05) is 29.1 Å². The molecule has 1 aliphatic rings. The fraction of sp³-hybridized carbons (Fsp3) is 0.385. The van der Waals surface area contributed by atoms with Crippen LogP contribution in [0.1, 0.15) is 36.5 Å². The van der Waals surface area contributed by atoms with Gasteiger partial charge < -0.3 is 10.6 Å². The van der Waals surface area contributed by atoms with E-state index in [9.17, 15) is 0 Å². The predicted molar refractivity (Wildman–Crippen MR) is 131 cm³/mol. The average Bonchev–Trinajstić information content (AvgIpc) is 3.51. The van der Waals surface area contributed by atoms with Crippen molar-refractivity contribution in [2.75, 3.05) is 26.2 Å². The van der Waals surface area contributed by atoms with E-state index in [0.29, 0.717) is 6.54 Å². The standard InChI is InChI=1S/C26H34N6/c1-2-27-26(28-15-14-24-19-30-32(21-24)25-8-4-3-5-9-25)29-18-22-10-12-23(13-11-22)20-31-16-6-7-17-31/h3-5,8-13,19,21H,2,6-7,14-18,20H2,1H3,(H2,27,28,29). The van der Waals surface area contributed by atoms with Crippen LogP contribution in [-0.4, -0.2) is 46.8 Å². The van der Waals surface area contributed by atoms with Gasteiger partial charge in [0.05, 0.1) is 18.4 Å². The lowest BCUT2D eigenvalue weighted by Gasteiger charge is -2.14. The van der Waals surface area contributed by atoms with Crippen molar-refractivity contribution in [1.29, 1.82) is 0 Å². The molecule has 6 nitrogen and oxygen atoms in total. The van der Waals surface area contributed by atoms with E-state index >= 15 is 0 Å². The monoisotopic (exact) mass is 430 g/mol. The van der Waals surface area contributed by atoms with Gasteiger partial charge in [-0.25, -0.2) is 9.67 Å². The number of guanidine groups is 1. The van der Waals surface area contributed by atoms with Gasteiger partial charge in [-0.15, -0.1) is 0 Å². The van der Waals surface area contributed by atoms with Crippen molar-refractivity contribution >= 4 is 5.96 Å². The first kappa shape index (κ1) is 22.1. The normalized spacial score (nSPS) is 14.6. The minimum Gasteiger partial charge on any atom is -0.357 e. The van der Waals surface area contributed by atoms with Gasteiger partial charge >= 0.3 is 0 Å². The molecule has 6 heteroatoms. The molecule has 168 valence electrons. The van der Waals surface area contributed by atoms with Crippen molar-refractivity contribution in [2.24, 2.45) is 4.99 Å². The number of nitrogens with one attached hydrogen (secondary N) is 2. The van der Waals surface area contributed by atoms with Crippen molar-refractivity contribution in [3.8, 4) is 5.69 Å². The highest BCUT2D eigenvalue weighted by atomic mass is 15.3. The minimum absolute atomic E-state index is 0.672. The van der Waals surface area contributed by atoms with Crippen LogP contribution in [0.5, 0.6) is 0 Å². The van der Waals surface area contributed by atoms with Crippen molar-refractivity contribution in [3.05, 3.63) is 83.7 Å². The molecular weight excluding hydrogens is 396 g/mol. The van der Waals surface area contributed by atoms with Crippen molar-refractivity contribution in [2.45, 2.75) is 39.3 Å². The van der Waals surface area contributed by atoms with Crippen LogP contribution in [0, 0.1) is 0 Å². The summed E-state index contributed by atoms with van der Waals surface area (Å²) < 4.78 is 1.92. The van der Waals surface area contributed by atoms with Crippen molar-refractivity contribution in [3.63, 3.8) is 0 Å². The first-order valence-corrected chi connectivity index (χ1v) is 11.7. The summed E-state index contributed by atoms with van der Waals surface area (Å²) in [4.78, 5) is 7.30. The number of nitrogens with zero attached hydrogens (tertiary/aromatic N) is 4. The Labute approximate surface area is 191 Å². The van der Waals surface area contributed by atoms with Gasteiger partial charge in [-0.1, -0.05) is 42.5 Å². The van der Waals surface area contributed by atoms with Gasteiger partial charge in [0.25, 0.3) is 0 Å². The Balaban J connectivity index is 1.26. The molecule has 1 aliphatic heterocycles. The van der Waals surface area contributed by atoms with Crippen molar-refractivity contribution < 1.29 is 0 Å². The van der Waals surface area contributed by atoms with Crippen LogP contribution in [0.3, 0.4) is 0 Å². The highest BCUT2D eigenvalue weighted by molar-refractivity contribution is 5.79. The molecule has 0 bridgehead atoms.